The zero-order chi connectivity index (χ0) is 46.5. The molecule has 6 heteroatoms. The molecule has 0 fully saturated rings. The van der Waals surface area contributed by atoms with Gasteiger partial charge in [-0.1, -0.05) is 244 Å². The SMILES string of the molecule is CCCCCCCC/C=C\CCCCCC(=O)OCC(COC(=O)CCCCCCCCCCCCCCCCCCCCC)OC(=O)CCCCC/C=C\CCCCCCCCC. The molecule has 0 aromatic carbocycles. The van der Waals surface area contributed by atoms with Gasteiger partial charge in [-0.2, -0.15) is 0 Å². The third-order valence-electron chi connectivity index (χ3n) is 12.7. The van der Waals surface area contributed by atoms with Gasteiger partial charge >= 0.3 is 17.9 Å². The van der Waals surface area contributed by atoms with Crippen LogP contribution in [-0.4, -0.2) is 37.2 Å². The summed E-state index contributed by atoms with van der Waals surface area (Å²) in [5.41, 5.74) is 0. The molecular weight excluding hydrogens is 793 g/mol. The third kappa shape index (κ3) is 50.9. The molecule has 0 saturated carbocycles. The quantitative estimate of drug-likeness (QED) is 0.0262. The summed E-state index contributed by atoms with van der Waals surface area (Å²) in [5.74, 6) is -0.893. The Labute approximate surface area is 398 Å². The van der Waals surface area contributed by atoms with Gasteiger partial charge in [-0.05, 0) is 70.6 Å². The lowest BCUT2D eigenvalue weighted by Crippen LogP contribution is -2.30. The highest BCUT2D eigenvalue weighted by molar-refractivity contribution is 5.71. The Morgan fingerprint density at radius 1 is 0.297 bits per heavy atom. The van der Waals surface area contributed by atoms with Gasteiger partial charge in [0.25, 0.3) is 0 Å². The first kappa shape index (κ1) is 61.9. The van der Waals surface area contributed by atoms with Crippen molar-refractivity contribution in [2.45, 2.75) is 316 Å². The zero-order valence-electron chi connectivity index (χ0n) is 43.1. The summed E-state index contributed by atoms with van der Waals surface area (Å²) in [6.45, 7) is 6.64. The number of carbonyl (C=O) groups excluding carboxylic acids is 3. The molecule has 1 unspecified atom stereocenters. The maximum Gasteiger partial charge on any atom is 0.306 e. The van der Waals surface area contributed by atoms with Crippen LogP contribution in [0.2, 0.25) is 0 Å². The molecule has 0 rings (SSSR count). The molecule has 376 valence electrons. The Bertz CT molecular complexity index is 1040. The van der Waals surface area contributed by atoms with E-state index in [1.54, 1.807) is 0 Å². The van der Waals surface area contributed by atoms with Crippen molar-refractivity contribution in [2.75, 3.05) is 13.2 Å². The van der Waals surface area contributed by atoms with Crippen LogP contribution in [0.1, 0.15) is 310 Å². The van der Waals surface area contributed by atoms with Gasteiger partial charge in [-0.15, -0.1) is 0 Å². The summed E-state index contributed by atoms with van der Waals surface area (Å²) in [5, 5.41) is 0. The zero-order valence-corrected chi connectivity index (χ0v) is 43.1. The molecule has 0 aliphatic rings. The van der Waals surface area contributed by atoms with Gasteiger partial charge in [0.2, 0.25) is 0 Å². The molecule has 0 aliphatic heterocycles. The van der Waals surface area contributed by atoms with E-state index in [1.807, 2.05) is 0 Å². The molecule has 0 N–H and O–H groups in total. The molecular formula is C58H108O6. The fourth-order valence-corrected chi connectivity index (χ4v) is 8.37. The van der Waals surface area contributed by atoms with Gasteiger partial charge in [0.15, 0.2) is 6.10 Å². The third-order valence-corrected chi connectivity index (χ3v) is 12.7. The van der Waals surface area contributed by atoms with Gasteiger partial charge in [0.05, 0.1) is 0 Å². The highest BCUT2D eigenvalue weighted by atomic mass is 16.6. The summed E-state index contributed by atoms with van der Waals surface area (Å²) in [6, 6.07) is 0. The summed E-state index contributed by atoms with van der Waals surface area (Å²) in [6.07, 6.45) is 61.7. The molecule has 0 aliphatic carbocycles. The Balaban J connectivity index is 4.32. The van der Waals surface area contributed by atoms with Crippen molar-refractivity contribution in [2.24, 2.45) is 0 Å². The fraction of sp³-hybridized carbons (Fsp3) is 0.879. The van der Waals surface area contributed by atoms with E-state index in [1.165, 1.54) is 186 Å². The Hall–Kier alpha value is -2.11. The number of hydrogen-bond acceptors (Lipinski definition) is 6. The van der Waals surface area contributed by atoms with Crippen LogP contribution >= 0.6 is 0 Å². The molecule has 0 aromatic rings. The summed E-state index contributed by atoms with van der Waals surface area (Å²) in [4.78, 5) is 38.0. The minimum atomic E-state index is -0.781. The molecule has 0 radical (unpaired) electrons. The standard InChI is InChI=1S/C58H108O6/c1-4-7-10-13-16-19-22-25-27-28-29-30-31-34-36-39-42-45-48-51-57(60)63-54-55(53-62-56(59)50-47-44-41-38-35-32-24-21-18-15-12-9-6-3)64-58(61)52-49-46-43-40-37-33-26-23-20-17-14-11-8-5-2/h32-33,35,37,55H,4-31,34,36,38-54H2,1-3H3/b35-32-,37-33-. The Morgan fingerprint density at radius 3 is 0.797 bits per heavy atom. The van der Waals surface area contributed by atoms with Gasteiger partial charge < -0.3 is 14.2 Å². The normalized spacial score (nSPS) is 12.1. The number of allylic oxidation sites excluding steroid dienone is 4. The average molecular weight is 901 g/mol. The molecule has 64 heavy (non-hydrogen) atoms. The van der Waals surface area contributed by atoms with E-state index >= 15 is 0 Å². The minimum absolute atomic E-state index is 0.0778. The molecule has 0 bridgehead atoms. The number of ether oxygens (including phenoxy) is 3. The highest BCUT2D eigenvalue weighted by Crippen LogP contribution is 2.16. The van der Waals surface area contributed by atoms with Gasteiger partial charge in [0.1, 0.15) is 13.2 Å². The van der Waals surface area contributed by atoms with Crippen LogP contribution < -0.4 is 0 Å². The topological polar surface area (TPSA) is 78.9 Å². The number of rotatable bonds is 52. The van der Waals surface area contributed by atoms with E-state index in [2.05, 4.69) is 45.1 Å². The predicted octanol–water partition coefficient (Wildman–Crippen LogP) is 18.7. The first-order chi connectivity index (χ1) is 31.5. The van der Waals surface area contributed by atoms with E-state index in [9.17, 15) is 14.4 Å². The van der Waals surface area contributed by atoms with E-state index < -0.39 is 6.10 Å². The van der Waals surface area contributed by atoms with Crippen molar-refractivity contribution in [3.05, 3.63) is 24.3 Å². The van der Waals surface area contributed by atoms with Crippen molar-refractivity contribution < 1.29 is 28.6 Å². The summed E-state index contributed by atoms with van der Waals surface area (Å²) in [7, 11) is 0. The van der Waals surface area contributed by atoms with E-state index in [4.69, 9.17) is 14.2 Å². The van der Waals surface area contributed by atoms with Crippen molar-refractivity contribution >= 4 is 17.9 Å². The number of esters is 3. The second kappa shape index (κ2) is 53.5. The van der Waals surface area contributed by atoms with Crippen LogP contribution in [0.15, 0.2) is 24.3 Å². The lowest BCUT2D eigenvalue weighted by molar-refractivity contribution is -0.167. The van der Waals surface area contributed by atoms with Gasteiger partial charge in [-0.25, -0.2) is 0 Å². The lowest BCUT2D eigenvalue weighted by Gasteiger charge is -2.18. The van der Waals surface area contributed by atoms with Crippen molar-refractivity contribution in [3.8, 4) is 0 Å². The largest absolute Gasteiger partial charge is 0.462 e. The number of carbonyl (C=O) groups is 3. The maximum atomic E-state index is 12.8. The predicted molar refractivity (Wildman–Crippen MR) is 275 cm³/mol. The minimum Gasteiger partial charge on any atom is -0.462 e. The molecule has 0 saturated heterocycles. The monoisotopic (exact) mass is 901 g/mol. The van der Waals surface area contributed by atoms with Crippen molar-refractivity contribution in [1.82, 2.24) is 0 Å². The second-order valence-electron chi connectivity index (χ2n) is 19.2. The summed E-state index contributed by atoms with van der Waals surface area (Å²) < 4.78 is 16.8. The molecule has 1 atom stereocenters. The van der Waals surface area contributed by atoms with Crippen LogP contribution in [0.25, 0.3) is 0 Å². The van der Waals surface area contributed by atoms with Crippen LogP contribution in [-0.2, 0) is 28.6 Å². The van der Waals surface area contributed by atoms with Crippen LogP contribution in [0.4, 0.5) is 0 Å². The number of hydrogen-bond donors (Lipinski definition) is 0. The Kier molecular flexibility index (Phi) is 51.7. The van der Waals surface area contributed by atoms with E-state index in [0.29, 0.717) is 19.3 Å². The molecule has 6 nitrogen and oxygen atoms in total. The highest BCUT2D eigenvalue weighted by Gasteiger charge is 2.19. The fourth-order valence-electron chi connectivity index (χ4n) is 8.37. The molecule has 0 heterocycles. The van der Waals surface area contributed by atoms with Crippen LogP contribution in [0.3, 0.4) is 0 Å². The van der Waals surface area contributed by atoms with Gasteiger partial charge in [0, 0.05) is 19.3 Å². The molecule has 0 spiro atoms. The molecule has 0 aromatic heterocycles. The number of unbranched alkanes of at least 4 members (excludes halogenated alkanes) is 37. The van der Waals surface area contributed by atoms with Crippen molar-refractivity contribution in [3.63, 3.8) is 0 Å². The second-order valence-corrected chi connectivity index (χ2v) is 19.2. The molecule has 0 amide bonds. The maximum absolute atomic E-state index is 12.8. The Morgan fingerprint density at radius 2 is 0.516 bits per heavy atom. The first-order valence-corrected chi connectivity index (χ1v) is 28.3. The average Bonchev–Trinajstić information content (AvgIpc) is 3.29. The van der Waals surface area contributed by atoms with Crippen LogP contribution in [0.5, 0.6) is 0 Å². The first-order valence-electron chi connectivity index (χ1n) is 28.3. The van der Waals surface area contributed by atoms with Crippen molar-refractivity contribution in [1.29, 1.82) is 0 Å². The lowest BCUT2D eigenvalue weighted by atomic mass is 10.0. The smallest absolute Gasteiger partial charge is 0.306 e. The van der Waals surface area contributed by atoms with Crippen LogP contribution in [0, 0.1) is 0 Å². The van der Waals surface area contributed by atoms with E-state index in [0.717, 1.165) is 83.5 Å². The van der Waals surface area contributed by atoms with Gasteiger partial charge in [-0.3, -0.25) is 14.4 Å². The van der Waals surface area contributed by atoms with E-state index in [-0.39, 0.29) is 31.1 Å². The summed E-state index contributed by atoms with van der Waals surface area (Å²) >= 11 is 0.